The van der Waals surface area contributed by atoms with Crippen LogP contribution in [-0.2, 0) is 4.74 Å². The lowest BCUT2D eigenvalue weighted by Crippen LogP contribution is -2.37. The molecule has 2 rings (SSSR count). The van der Waals surface area contributed by atoms with Crippen LogP contribution in [0, 0.1) is 5.92 Å². The average Bonchev–Trinajstić information content (AvgIpc) is 2.88. The predicted octanol–water partition coefficient (Wildman–Crippen LogP) is 3.51. The molecule has 0 unspecified atom stereocenters. The van der Waals surface area contributed by atoms with Crippen molar-refractivity contribution < 1.29 is 19.4 Å². The summed E-state index contributed by atoms with van der Waals surface area (Å²) in [7, 11) is 0. The van der Waals surface area contributed by atoms with Crippen LogP contribution in [0.2, 0.25) is 0 Å². The highest BCUT2D eigenvalue weighted by Gasteiger charge is 2.41. The van der Waals surface area contributed by atoms with Gasteiger partial charge in [-0.05, 0) is 43.7 Å². The van der Waals surface area contributed by atoms with Crippen molar-refractivity contribution in [3.8, 4) is 0 Å². The van der Waals surface area contributed by atoms with Gasteiger partial charge < -0.3 is 9.84 Å². The van der Waals surface area contributed by atoms with E-state index >= 15 is 0 Å². The van der Waals surface area contributed by atoms with Gasteiger partial charge in [0.25, 0.3) is 0 Å². The highest BCUT2D eigenvalue weighted by molar-refractivity contribution is 6.02. The largest absolute Gasteiger partial charge is 0.478 e. The molecule has 0 bridgehead atoms. The third-order valence-electron chi connectivity index (χ3n) is 4.18. The van der Waals surface area contributed by atoms with Gasteiger partial charge in [-0.1, -0.05) is 26.0 Å². The Labute approximate surface area is 118 Å². The fraction of sp³-hybridized carbons (Fsp3) is 0.500. The molecule has 0 saturated heterocycles. The summed E-state index contributed by atoms with van der Waals surface area (Å²) >= 11 is 0. The van der Waals surface area contributed by atoms with Crippen LogP contribution in [0.4, 0.5) is 0 Å². The zero-order valence-electron chi connectivity index (χ0n) is 11.9. The third-order valence-corrected chi connectivity index (χ3v) is 4.18. The molecule has 1 aromatic carbocycles. The van der Waals surface area contributed by atoms with E-state index in [-0.39, 0.29) is 17.0 Å². The van der Waals surface area contributed by atoms with Gasteiger partial charge in [0, 0.05) is 0 Å². The molecule has 0 spiro atoms. The lowest BCUT2D eigenvalue weighted by molar-refractivity contribution is -0.0399. The van der Waals surface area contributed by atoms with Crippen molar-refractivity contribution in [2.75, 3.05) is 0 Å². The van der Waals surface area contributed by atoms with Crippen LogP contribution >= 0.6 is 0 Å². The molecular formula is C16H20O4. The van der Waals surface area contributed by atoms with Crippen LogP contribution in [0.1, 0.15) is 60.2 Å². The van der Waals surface area contributed by atoms with Gasteiger partial charge in [-0.3, -0.25) is 0 Å². The maximum absolute atomic E-state index is 12.4. The molecule has 4 heteroatoms. The molecule has 0 aliphatic heterocycles. The van der Waals surface area contributed by atoms with E-state index in [1.54, 1.807) is 12.1 Å². The highest BCUT2D eigenvalue weighted by atomic mass is 16.6. The number of aromatic carboxylic acids is 1. The molecule has 0 heterocycles. The average molecular weight is 276 g/mol. The molecule has 20 heavy (non-hydrogen) atoms. The Morgan fingerprint density at radius 1 is 1.15 bits per heavy atom. The molecular weight excluding hydrogens is 256 g/mol. The number of esters is 1. The summed E-state index contributed by atoms with van der Waals surface area (Å²) in [5.41, 5.74) is -0.316. The first kappa shape index (κ1) is 14.6. The van der Waals surface area contributed by atoms with Crippen molar-refractivity contribution in [3.05, 3.63) is 35.4 Å². The van der Waals surface area contributed by atoms with Crippen molar-refractivity contribution in [2.24, 2.45) is 5.92 Å². The second-order valence-corrected chi connectivity index (χ2v) is 5.67. The first-order chi connectivity index (χ1) is 9.46. The number of hydrogen-bond donors (Lipinski definition) is 1. The number of carboxylic acid groups (broad SMARTS) is 1. The molecule has 1 saturated carbocycles. The maximum Gasteiger partial charge on any atom is 0.339 e. The Kier molecular flexibility index (Phi) is 4.12. The van der Waals surface area contributed by atoms with Crippen LogP contribution in [0.15, 0.2) is 24.3 Å². The van der Waals surface area contributed by atoms with E-state index in [0.29, 0.717) is 0 Å². The molecule has 108 valence electrons. The fourth-order valence-corrected chi connectivity index (χ4v) is 2.86. The zero-order chi connectivity index (χ0) is 14.8. The first-order valence-corrected chi connectivity index (χ1v) is 7.02. The monoisotopic (exact) mass is 276 g/mol. The van der Waals surface area contributed by atoms with Crippen LogP contribution in [-0.4, -0.2) is 22.6 Å². The Hall–Kier alpha value is -1.84. The first-order valence-electron chi connectivity index (χ1n) is 7.02. The van der Waals surface area contributed by atoms with Gasteiger partial charge in [0.15, 0.2) is 0 Å². The summed E-state index contributed by atoms with van der Waals surface area (Å²) in [6.07, 6.45) is 3.80. The number of hydrogen-bond acceptors (Lipinski definition) is 3. The second kappa shape index (κ2) is 5.65. The Bertz CT molecular complexity index is 513. The number of ether oxygens (including phenoxy) is 1. The number of benzene rings is 1. The summed E-state index contributed by atoms with van der Waals surface area (Å²) in [4.78, 5) is 23.5. The molecule has 4 nitrogen and oxygen atoms in total. The SMILES string of the molecule is CC(C)C1(OC(=O)c2ccccc2C(=O)O)CCCC1. The molecule has 0 atom stereocenters. The Morgan fingerprint density at radius 3 is 2.20 bits per heavy atom. The molecule has 0 amide bonds. The quantitative estimate of drug-likeness (QED) is 0.855. The normalized spacial score (nSPS) is 17.1. The summed E-state index contributed by atoms with van der Waals surface area (Å²) < 4.78 is 5.74. The summed E-state index contributed by atoms with van der Waals surface area (Å²) in [5.74, 6) is -1.41. The van der Waals surface area contributed by atoms with Crippen LogP contribution < -0.4 is 0 Å². The van der Waals surface area contributed by atoms with Crippen molar-refractivity contribution in [2.45, 2.75) is 45.1 Å². The minimum Gasteiger partial charge on any atom is -0.478 e. The Balaban J connectivity index is 2.26. The van der Waals surface area contributed by atoms with E-state index in [2.05, 4.69) is 0 Å². The summed E-state index contributed by atoms with van der Waals surface area (Å²) in [6, 6.07) is 6.19. The minimum absolute atomic E-state index is 0.00518. The van der Waals surface area contributed by atoms with Crippen LogP contribution in [0.5, 0.6) is 0 Å². The van der Waals surface area contributed by atoms with Crippen molar-refractivity contribution in [1.29, 1.82) is 0 Å². The number of rotatable bonds is 4. The Morgan fingerprint density at radius 2 is 1.70 bits per heavy atom. The molecule has 0 radical (unpaired) electrons. The molecule has 1 aliphatic carbocycles. The van der Waals surface area contributed by atoms with Crippen LogP contribution in [0.3, 0.4) is 0 Å². The smallest absolute Gasteiger partial charge is 0.339 e. The minimum atomic E-state index is -1.11. The fourth-order valence-electron chi connectivity index (χ4n) is 2.86. The molecule has 1 fully saturated rings. The van der Waals surface area contributed by atoms with Crippen molar-refractivity contribution in [3.63, 3.8) is 0 Å². The van der Waals surface area contributed by atoms with Gasteiger partial charge in [0.2, 0.25) is 0 Å². The lowest BCUT2D eigenvalue weighted by Gasteiger charge is -2.33. The maximum atomic E-state index is 12.4. The van der Waals surface area contributed by atoms with Crippen molar-refractivity contribution in [1.82, 2.24) is 0 Å². The van der Waals surface area contributed by atoms with Gasteiger partial charge in [0.1, 0.15) is 5.60 Å². The van der Waals surface area contributed by atoms with Gasteiger partial charge in [0.05, 0.1) is 11.1 Å². The van der Waals surface area contributed by atoms with E-state index < -0.39 is 17.5 Å². The standard InChI is InChI=1S/C16H20O4/c1-11(2)16(9-5-6-10-16)20-15(19)13-8-4-3-7-12(13)14(17)18/h3-4,7-8,11H,5-6,9-10H2,1-2H3,(H,17,18). The number of carboxylic acids is 1. The number of carbonyl (C=O) groups is 2. The van der Waals surface area contributed by atoms with E-state index in [9.17, 15) is 9.59 Å². The van der Waals surface area contributed by atoms with Crippen LogP contribution in [0.25, 0.3) is 0 Å². The van der Waals surface area contributed by atoms with Gasteiger partial charge in [-0.2, -0.15) is 0 Å². The molecule has 1 N–H and O–H groups in total. The van der Waals surface area contributed by atoms with E-state index in [4.69, 9.17) is 9.84 Å². The highest BCUT2D eigenvalue weighted by Crippen LogP contribution is 2.39. The van der Waals surface area contributed by atoms with Gasteiger partial charge in [-0.25, -0.2) is 9.59 Å². The van der Waals surface area contributed by atoms with Crippen molar-refractivity contribution >= 4 is 11.9 Å². The third kappa shape index (κ3) is 2.69. The molecule has 1 aliphatic rings. The van der Waals surface area contributed by atoms with E-state index in [1.807, 2.05) is 13.8 Å². The summed E-state index contributed by atoms with van der Waals surface area (Å²) in [6.45, 7) is 4.09. The van der Waals surface area contributed by atoms with Gasteiger partial charge in [-0.15, -0.1) is 0 Å². The lowest BCUT2D eigenvalue weighted by atomic mass is 9.88. The number of carbonyl (C=O) groups excluding carboxylic acids is 1. The summed E-state index contributed by atoms with van der Waals surface area (Å²) in [5, 5.41) is 9.14. The van der Waals surface area contributed by atoms with E-state index in [1.165, 1.54) is 12.1 Å². The zero-order valence-corrected chi connectivity index (χ0v) is 11.9. The second-order valence-electron chi connectivity index (χ2n) is 5.67. The molecule has 0 aromatic heterocycles. The predicted molar refractivity (Wildman–Crippen MR) is 74.9 cm³/mol. The topological polar surface area (TPSA) is 63.6 Å². The molecule has 1 aromatic rings. The van der Waals surface area contributed by atoms with Gasteiger partial charge >= 0.3 is 11.9 Å². The van der Waals surface area contributed by atoms with E-state index in [0.717, 1.165) is 25.7 Å².